The van der Waals surface area contributed by atoms with Crippen LogP contribution in [0.4, 0.5) is 5.13 Å². The second kappa shape index (κ2) is 8.79. The molecule has 6 nitrogen and oxygen atoms in total. The molecule has 8 heteroatoms. The number of benzene rings is 1. The van der Waals surface area contributed by atoms with Gasteiger partial charge in [-0.1, -0.05) is 12.1 Å². The van der Waals surface area contributed by atoms with Gasteiger partial charge >= 0.3 is 0 Å². The molecule has 0 saturated carbocycles. The minimum atomic E-state index is -0.252. The highest BCUT2D eigenvalue weighted by Crippen LogP contribution is 2.31. The van der Waals surface area contributed by atoms with Crippen LogP contribution in [0.5, 0.6) is 5.75 Å². The molecule has 0 aliphatic heterocycles. The molecule has 3 aromatic rings. The SMILES string of the molecule is CCOc1ccccc1C(=O)Nc1nc(-c2ccc(CNC(C)=O)s2)cs1. The van der Waals surface area contributed by atoms with Crippen molar-refractivity contribution < 1.29 is 14.3 Å². The summed E-state index contributed by atoms with van der Waals surface area (Å²) in [6.07, 6.45) is 0. The lowest BCUT2D eigenvalue weighted by molar-refractivity contribution is -0.119. The fraction of sp³-hybridized carbons (Fsp3) is 0.211. The number of carbonyl (C=O) groups excluding carboxylic acids is 2. The molecular formula is C19H19N3O3S2. The Labute approximate surface area is 165 Å². The molecule has 1 aromatic carbocycles. The van der Waals surface area contributed by atoms with Gasteiger partial charge in [-0.25, -0.2) is 4.98 Å². The van der Waals surface area contributed by atoms with Crippen molar-refractivity contribution in [1.29, 1.82) is 0 Å². The first kappa shape index (κ1) is 19.1. The minimum Gasteiger partial charge on any atom is -0.493 e. The van der Waals surface area contributed by atoms with Crippen molar-refractivity contribution >= 4 is 39.6 Å². The van der Waals surface area contributed by atoms with E-state index in [1.165, 1.54) is 18.3 Å². The second-order valence-electron chi connectivity index (χ2n) is 5.60. The number of thiophene rings is 1. The normalized spacial score (nSPS) is 10.4. The molecule has 2 aromatic heterocycles. The Morgan fingerprint density at radius 1 is 1.19 bits per heavy atom. The lowest BCUT2D eigenvalue weighted by Gasteiger charge is -2.08. The van der Waals surface area contributed by atoms with Gasteiger partial charge in [0.05, 0.1) is 29.3 Å². The Morgan fingerprint density at radius 3 is 2.78 bits per heavy atom. The molecular weight excluding hydrogens is 382 g/mol. The number of nitrogens with zero attached hydrogens (tertiary/aromatic N) is 1. The van der Waals surface area contributed by atoms with Crippen molar-refractivity contribution in [3.63, 3.8) is 0 Å². The highest BCUT2D eigenvalue weighted by Gasteiger charge is 2.15. The van der Waals surface area contributed by atoms with Crippen molar-refractivity contribution in [3.05, 3.63) is 52.2 Å². The summed E-state index contributed by atoms with van der Waals surface area (Å²) in [6, 6.07) is 11.1. The van der Waals surface area contributed by atoms with E-state index in [0.29, 0.717) is 29.6 Å². The van der Waals surface area contributed by atoms with Crippen LogP contribution in [0, 0.1) is 0 Å². The summed E-state index contributed by atoms with van der Waals surface area (Å²) in [6.45, 7) is 4.36. The van der Waals surface area contributed by atoms with Crippen LogP contribution in [0.25, 0.3) is 10.6 Å². The summed E-state index contributed by atoms with van der Waals surface area (Å²) in [5, 5.41) is 8.03. The Hall–Kier alpha value is -2.71. The van der Waals surface area contributed by atoms with Crippen LogP contribution < -0.4 is 15.4 Å². The van der Waals surface area contributed by atoms with Gasteiger partial charge in [0.1, 0.15) is 5.75 Å². The number of nitrogens with one attached hydrogen (secondary N) is 2. The van der Waals surface area contributed by atoms with E-state index in [0.717, 1.165) is 15.4 Å². The van der Waals surface area contributed by atoms with E-state index in [4.69, 9.17) is 4.74 Å². The second-order valence-corrected chi connectivity index (χ2v) is 7.62. The van der Waals surface area contributed by atoms with Gasteiger partial charge in [-0.3, -0.25) is 14.9 Å². The Bertz CT molecular complexity index is 949. The fourth-order valence-corrected chi connectivity index (χ4v) is 4.05. The van der Waals surface area contributed by atoms with Crippen LogP contribution in [0.1, 0.15) is 29.1 Å². The van der Waals surface area contributed by atoms with Crippen molar-refractivity contribution in [2.24, 2.45) is 0 Å². The summed E-state index contributed by atoms with van der Waals surface area (Å²) in [5.41, 5.74) is 1.28. The van der Waals surface area contributed by atoms with Gasteiger partial charge in [-0.15, -0.1) is 22.7 Å². The van der Waals surface area contributed by atoms with Gasteiger partial charge in [0.25, 0.3) is 5.91 Å². The van der Waals surface area contributed by atoms with Gasteiger partial charge < -0.3 is 10.1 Å². The van der Waals surface area contributed by atoms with Crippen LogP contribution >= 0.6 is 22.7 Å². The van der Waals surface area contributed by atoms with E-state index in [-0.39, 0.29) is 11.8 Å². The molecule has 0 fully saturated rings. The van der Waals surface area contributed by atoms with Gasteiger partial charge in [-0.05, 0) is 31.2 Å². The zero-order valence-corrected chi connectivity index (χ0v) is 16.6. The van der Waals surface area contributed by atoms with Gasteiger partial charge in [0.2, 0.25) is 5.91 Å². The maximum absolute atomic E-state index is 12.5. The van der Waals surface area contributed by atoms with Crippen LogP contribution in [0.3, 0.4) is 0 Å². The third kappa shape index (κ3) is 4.93. The molecule has 140 valence electrons. The highest BCUT2D eigenvalue weighted by atomic mass is 32.1. The number of hydrogen-bond acceptors (Lipinski definition) is 6. The maximum Gasteiger partial charge on any atom is 0.261 e. The van der Waals surface area contributed by atoms with E-state index in [9.17, 15) is 9.59 Å². The van der Waals surface area contributed by atoms with E-state index < -0.39 is 0 Å². The molecule has 2 heterocycles. The molecule has 0 aliphatic carbocycles. The number of para-hydroxylation sites is 1. The van der Waals surface area contributed by atoms with Crippen LogP contribution in [0.2, 0.25) is 0 Å². The summed E-state index contributed by atoms with van der Waals surface area (Å²) in [4.78, 5) is 30.1. The third-order valence-corrected chi connectivity index (χ3v) is 5.45. The number of rotatable bonds is 7. The molecule has 2 amide bonds. The first-order chi connectivity index (χ1) is 13.1. The number of anilines is 1. The Balaban J connectivity index is 1.69. The maximum atomic E-state index is 12.5. The van der Waals surface area contributed by atoms with Crippen molar-refractivity contribution in [3.8, 4) is 16.3 Å². The number of hydrogen-bond donors (Lipinski definition) is 2. The first-order valence-electron chi connectivity index (χ1n) is 8.39. The molecule has 0 unspecified atom stereocenters. The number of amides is 2. The van der Waals surface area contributed by atoms with E-state index in [1.807, 2.05) is 30.5 Å². The quantitative estimate of drug-likeness (QED) is 0.623. The average molecular weight is 402 g/mol. The molecule has 0 bridgehead atoms. The summed E-state index contributed by atoms with van der Waals surface area (Å²) >= 11 is 2.93. The highest BCUT2D eigenvalue weighted by molar-refractivity contribution is 7.17. The summed E-state index contributed by atoms with van der Waals surface area (Å²) in [7, 11) is 0. The molecule has 27 heavy (non-hydrogen) atoms. The van der Waals surface area contributed by atoms with Gasteiger partial charge in [-0.2, -0.15) is 0 Å². The number of thiazole rings is 1. The van der Waals surface area contributed by atoms with Crippen molar-refractivity contribution in [2.45, 2.75) is 20.4 Å². The van der Waals surface area contributed by atoms with Gasteiger partial charge in [0, 0.05) is 17.2 Å². The molecule has 2 N–H and O–H groups in total. The lowest BCUT2D eigenvalue weighted by Crippen LogP contribution is -2.17. The van der Waals surface area contributed by atoms with Crippen LogP contribution in [-0.4, -0.2) is 23.4 Å². The monoisotopic (exact) mass is 401 g/mol. The molecule has 0 radical (unpaired) electrons. The molecule has 0 aliphatic rings. The van der Waals surface area contributed by atoms with E-state index in [2.05, 4.69) is 15.6 Å². The molecule has 0 atom stereocenters. The van der Waals surface area contributed by atoms with Crippen LogP contribution in [0.15, 0.2) is 41.8 Å². The molecule has 0 spiro atoms. The molecule has 0 saturated heterocycles. The third-order valence-electron chi connectivity index (χ3n) is 3.58. The number of aromatic nitrogens is 1. The summed E-state index contributed by atoms with van der Waals surface area (Å²) < 4.78 is 5.51. The van der Waals surface area contributed by atoms with Crippen molar-refractivity contribution in [1.82, 2.24) is 10.3 Å². The van der Waals surface area contributed by atoms with E-state index in [1.54, 1.807) is 29.5 Å². The standard InChI is InChI=1S/C19H19N3O3S2/c1-3-25-16-7-5-4-6-14(16)18(24)22-19-21-15(11-26-19)17-9-8-13(27-17)10-20-12(2)23/h4-9,11H,3,10H2,1-2H3,(H,20,23)(H,21,22,24). The Kier molecular flexibility index (Phi) is 6.20. The van der Waals surface area contributed by atoms with Gasteiger partial charge in [0.15, 0.2) is 5.13 Å². The number of ether oxygens (including phenoxy) is 1. The number of carbonyl (C=O) groups is 2. The zero-order valence-electron chi connectivity index (χ0n) is 14.9. The predicted octanol–water partition coefficient (Wildman–Crippen LogP) is 4.16. The molecule has 3 rings (SSSR count). The van der Waals surface area contributed by atoms with E-state index >= 15 is 0 Å². The first-order valence-corrected chi connectivity index (χ1v) is 10.1. The summed E-state index contributed by atoms with van der Waals surface area (Å²) in [5.74, 6) is 0.239. The predicted molar refractivity (Wildman–Crippen MR) is 109 cm³/mol. The fourth-order valence-electron chi connectivity index (χ4n) is 2.37. The lowest BCUT2D eigenvalue weighted by atomic mass is 10.2. The Morgan fingerprint density at radius 2 is 2.00 bits per heavy atom. The smallest absolute Gasteiger partial charge is 0.261 e. The zero-order chi connectivity index (χ0) is 19.2. The van der Waals surface area contributed by atoms with Crippen molar-refractivity contribution in [2.75, 3.05) is 11.9 Å². The largest absolute Gasteiger partial charge is 0.493 e. The van der Waals surface area contributed by atoms with Crippen LogP contribution in [-0.2, 0) is 11.3 Å². The topological polar surface area (TPSA) is 80.3 Å². The average Bonchev–Trinajstić information content (AvgIpc) is 3.30. The minimum absolute atomic E-state index is 0.0593.